The highest BCUT2D eigenvalue weighted by Gasteiger charge is 2.43. The van der Waals surface area contributed by atoms with Crippen molar-refractivity contribution in [2.24, 2.45) is 0 Å². The Labute approximate surface area is 182 Å². The summed E-state index contributed by atoms with van der Waals surface area (Å²) in [6, 6.07) is 16.7. The zero-order chi connectivity index (χ0) is 21.8. The highest BCUT2D eigenvalue weighted by Crippen LogP contribution is 2.37. The third kappa shape index (κ3) is 4.10. The number of nitrogens with zero attached hydrogens (tertiary/aromatic N) is 2. The minimum Gasteiger partial charge on any atom is -0.489 e. The van der Waals surface area contributed by atoms with Crippen LogP contribution in [0, 0.1) is 0 Å². The summed E-state index contributed by atoms with van der Waals surface area (Å²) in [6.07, 6.45) is 3.35. The predicted octanol–water partition coefficient (Wildman–Crippen LogP) is 3.80. The number of benzene rings is 2. The molecule has 2 aromatic carbocycles. The molecule has 1 N–H and O–H groups in total. The van der Waals surface area contributed by atoms with Crippen LogP contribution in [-0.4, -0.2) is 41.4 Å². The van der Waals surface area contributed by atoms with Gasteiger partial charge in [0.1, 0.15) is 12.4 Å². The van der Waals surface area contributed by atoms with Crippen molar-refractivity contribution in [1.82, 2.24) is 15.1 Å². The largest absolute Gasteiger partial charge is 0.489 e. The van der Waals surface area contributed by atoms with E-state index in [0.717, 1.165) is 16.8 Å². The van der Waals surface area contributed by atoms with E-state index in [1.165, 1.54) is 0 Å². The minimum absolute atomic E-state index is 0.0930. The number of nitrogens with one attached hydrogen (secondary N) is 1. The lowest BCUT2D eigenvalue weighted by Crippen LogP contribution is -2.47. The van der Waals surface area contributed by atoms with Crippen molar-refractivity contribution in [2.75, 3.05) is 19.6 Å². The summed E-state index contributed by atoms with van der Waals surface area (Å²) in [5.74, 6) is 0.587. The molecule has 6 heteroatoms. The number of hydrogen-bond donors (Lipinski definition) is 1. The molecule has 2 heterocycles. The Morgan fingerprint density at radius 2 is 1.81 bits per heavy atom. The first kappa shape index (κ1) is 20.5. The molecular formula is C25H25N3O3. The van der Waals surface area contributed by atoms with Crippen LogP contribution in [0.5, 0.6) is 5.75 Å². The van der Waals surface area contributed by atoms with E-state index in [4.69, 9.17) is 4.74 Å². The predicted molar refractivity (Wildman–Crippen MR) is 119 cm³/mol. The monoisotopic (exact) mass is 415 g/mol. The van der Waals surface area contributed by atoms with Gasteiger partial charge in [0.05, 0.1) is 23.9 Å². The summed E-state index contributed by atoms with van der Waals surface area (Å²) in [5, 5.41) is 2.99. The third-order valence-corrected chi connectivity index (χ3v) is 5.40. The van der Waals surface area contributed by atoms with E-state index < -0.39 is 6.04 Å². The smallest absolute Gasteiger partial charge is 0.322 e. The van der Waals surface area contributed by atoms with Crippen molar-refractivity contribution in [3.8, 4) is 5.75 Å². The van der Waals surface area contributed by atoms with Crippen LogP contribution < -0.4 is 10.1 Å². The lowest BCUT2D eigenvalue weighted by Gasteiger charge is -2.33. The maximum Gasteiger partial charge on any atom is 0.322 e. The Kier molecular flexibility index (Phi) is 5.89. The minimum atomic E-state index is -0.536. The van der Waals surface area contributed by atoms with Gasteiger partial charge >= 0.3 is 6.03 Å². The highest BCUT2D eigenvalue weighted by atomic mass is 16.5. The summed E-state index contributed by atoms with van der Waals surface area (Å²) < 4.78 is 5.95. The molecule has 158 valence electrons. The fraction of sp³-hybridized carbons (Fsp3) is 0.200. The average molecular weight is 415 g/mol. The van der Waals surface area contributed by atoms with Crippen LogP contribution in [0.2, 0.25) is 0 Å². The maximum atomic E-state index is 13.2. The van der Waals surface area contributed by atoms with Crippen molar-refractivity contribution in [3.63, 3.8) is 0 Å². The van der Waals surface area contributed by atoms with E-state index in [9.17, 15) is 9.59 Å². The van der Waals surface area contributed by atoms with E-state index in [1.807, 2.05) is 54.6 Å². The molecule has 2 aliphatic rings. The number of hydrogen-bond acceptors (Lipinski definition) is 3. The zero-order valence-electron chi connectivity index (χ0n) is 17.3. The zero-order valence-corrected chi connectivity index (χ0v) is 17.3. The number of ether oxygens (including phenoxy) is 1. The van der Waals surface area contributed by atoms with Crippen molar-refractivity contribution in [2.45, 2.75) is 12.6 Å². The van der Waals surface area contributed by atoms with Gasteiger partial charge < -0.3 is 15.0 Å². The number of rotatable bonds is 8. The van der Waals surface area contributed by atoms with Crippen LogP contribution in [-0.2, 0) is 11.4 Å². The second kappa shape index (κ2) is 8.92. The average Bonchev–Trinajstić information content (AvgIpc) is 3.11. The Morgan fingerprint density at radius 1 is 1.03 bits per heavy atom. The van der Waals surface area contributed by atoms with Gasteiger partial charge in [0.15, 0.2) is 0 Å². The van der Waals surface area contributed by atoms with E-state index in [2.05, 4.69) is 18.5 Å². The van der Waals surface area contributed by atoms with Gasteiger partial charge in [-0.05, 0) is 23.3 Å². The van der Waals surface area contributed by atoms with Gasteiger partial charge in [-0.25, -0.2) is 4.79 Å². The van der Waals surface area contributed by atoms with E-state index in [-0.39, 0.29) is 11.9 Å². The molecule has 1 atom stereocenters. The van der Waals surface area contributed by atoms with Gasteiger partial charge in [0, 0.05) is 13.1 Å². The quantitative estimate of drug-likeness (QED) is 0.667. The molecule has 1 unspecified atom stereocenters. The molecule has 0 radical (unpaired) electrons. The summed E-state index contributed by atoms with van der Waals surface area (Å²) in [5.41, 5.74) is 3.17. The van der Waals surface area contributed by atoms with Crippen LogP contribution in [0.4, 0.5) is 4.79 Å². The molecule has 0 spiro atoms. The second-order valence-corrected chi connectivity index (χ2v) is 7.46. The van der Waals surface area contributed by atoms with Crippen LogP contribution in [0.15, 0.2) is 91.2 Å². The van der Waals surface area contributed by atoms with Gasteiger partial charge in [-0.1, -0.05) is 54.6 Å². The van der Waals surface area contributed by atoms with Gasteiger partial charge in [-0.15, -0.1) is 13.2 Å². The van der Waals surface area contributed by atoms with E-state index >= 15 is 0 Å². The SMILES string of the molecule is C=CCN1CC2=C(C1=O)C(c1cccc(OCc3ccccc3)c1)NC(=O)N2CC=C. The fourth-order valence-corrected chi connectivity index (χ4v) is 3.95. The van der Waals surface area contributed by atoms with Crippen LogP contribution in [0.25, 0.3) is 0 Å². The molecule has 0 aliphatic carbocycles. The highest BCUT2D eigenvalue weighted by molar-refractivity contribution is 6.01. The Hall–Kier alpha value is -3.80. The first-order valence-corrected chi connectivity index (χ1v) is 10.2. The topological polar surface area (TPSA) is 61.9 Å². The molecule has 31 heavy (non-hydrogen) atoms. The van der Waals surface area contributed by atoms with Crippen molar-refractivity contribution >= 4 is 11.9 Å². The summed E-state index contributed by atoms with van der Waals surface area (Å²) in [7, 11) is 0. The molecule has 0 saturated carbocycles. The summed E-state index contributed by atoms with van der Waals surface area (Å²) in [6.45, 7) is 9.06. The molecule has 2 aliphatic heterocycles. The van der Waals surface area contributed by atoms with Crippen molar-refractivity contribution < 1.29 is 14.3 Å². The molecule has 4 rings (SSSR count). The van der Waals surface area contributed by atoms with Crippen LogP contribution in [0.1, 0.15) is 17.2 Å². The van der Waals surface area contributed by atoms with Crippen molar-refractivity contribution in [1.29, 1.82) is 0 Å². The van der Waals surface area contributed by atoms with E-state index in [1.54, 1.807) is 22.0 Å². The molecule has 6 nitrogen and oxygen atoms in total. The second-order valence-electron chi connectivity index (χ2n) is 7.46. The van der Waals surface area contributed by atoms with E-state index in [0.29, 0.717) is 37.6 Å². The first-order valence-electron chi connectivity index (χ1n) is 10.2. The molecule has 2 aromatic rings. The summed E-state index contributed by atoms with van der Waals surface area (Å²) in [4.78, 5) is 29.3. The number of urea groups is 1. The molecule has 0 aromatic heterocycles. The Balaban J connectivity index is 1.63. The maximum absolute atomic E-state index is 13.2. The molecule has 0 saturated heterocycles. The standard InChI is InChI=1S/C25H25N3O3/c1-3-13-27-16-21-22(24(27)29)23(26-25(30)28(21)14-4-2)19-11-8-12-20(15-19)31-17-18-9-6-5-7-10-18/h3-12,15,23H,1-2,13-14,16-17H2,(H,26,30). The lowest BCUT2D eigenvalue weighted by molar-refractivity contribution is -0.125. The van der Waals surface area contributed by atoms with Crippen LogP contribution >= 0.6 is 0 Å². The molecule has 3 amide bonds. The number of carbonyl (C=O) groups excluding carboxylic acids is 2. The van der Waals surface area contributed by atoms with Gasteiger partial charge in [0.2, 0.25) is 0 Å². The van der Waals surface area contributed by atoms with Gasteiger partial charge in [0.25, 0.3) is 5.91 Å². The molecular weight excluding hydrogens is 390 g/mol. The number of amides is 3. The lowest BCUT2D eigenvalue weighted by atomic mass is 9.95. The molecule has 0 bridgehead atoms. The van der Waals surface area contributed by atoms with Gasteiger partial charge in [-0.3, -0.25) is 9.69 Å². The van der Waals surface area contributed by atoms with Crippen molar-refractivity contribution in [3.05, 3.63) is 102 Å². The number of carbonyl (C=O) groups is 2. The Morgan fingerprint density at radius 3 is 2.55 bits per heavy atom. The van der Waals surface area contributed by atoms with Crippen LogP contribution in [0.3, 0.4) is 0 Å². The first-order chi connectivity index (χ1) is 15.1. The molecule has 0 fully saturated rings. The fourth-order valence-electron chi connectivity index (χ4n) is 3.95. The summed E-state index contributed by atoms with van der Waals surface area (Å²) >= 11 is 0. The van der Waals surface area contributed by atoms with Gasteiger partial charge in [-0.2, -0.15) is 0 Å². The normalized spacial score (nSPS) is 18.0. The Bertz CT molecular complexity index is 1040. The third-order valence-electron chi connectivity index (χ3n) is 5.40.